The molecular formula is C18H17BrClN3O2. The van der Waals surface area contributed by atoms with Gasteiger partial charge in [-0.05, 0) is 30.2 Å². The fourth-order valence-corrected chi connectivity index (χ4v) is 3.51. The highest BCUT2D eigenvalue weighted by Gasteiger charge is 2.24. The number of anilines is 2. The van der Waals surface area contributed by atoms with Crippen LogP contribution < -0.4 is 14.4 Å². The van der Waals surface area contributed by atoms with Crippen molar-refractivity contribution in [2.75, 3.05) is 25.7 Å². The van der Waals surface area contributed by atoms with Crippen LogP contribution in [0, 0.1) is 0 Å². The maximum atomic E-state index is 5.44. The Bertz CT molecular complexity index is 936. The Hall–Kier alpha value is -2.05. The molecule has 0 atom stereocenters. The zero-order chi connectivity index (χ0) is 16.7. The highest BCUT2D eigenvalue weighted by Crippen LogP contribution is 2.40. The van der Waals surface area contributed by atoms with Gasteiger partial charge < -0.3 is 14.4 Å². The first kappa shape index (κ1) is 17.8. The second-order valence-electron chi connectivity index (χ2n) is 5.60. The molecule has 1 aliphatic heterocycles. The number of methoxy groups -OCH3 is 2. The second kappa shape index (κ2) is 7.06. The van der Waals surface area contributed by atoms with Crippen LogP contribution in [-0.4, -0.2) is 30.7 Å². The average molecular weight is 423 g/mol. The van der Waals surface area contributed by atoms with Crippen LogP contribution in [0.25, 0.3) is 10.9 Å². The van der Waals surface area contributed by atoms with Gasteiger partial charge in [-0.2, -0.15) is 0 Å². The smallest absolute Gasteiger partial charge is 0.162 e. The monoisotopic (exact) mass is 421 g/mol. The number of hydrogen-bond donors (Lipinski definition) is 0. The number of aromatic nitrogens is 2. The molecule has 4 rings (SSSR count). The van der Waals surface area contributed by atoms with E-state index < -0.39 is 0 Å². The van der Waals surface area contributed by atoms with E-state index in [9.17, 15) is 0 Å². The van der Waals surface area contributed by atoms with Crippen molar-refractivity contribution in [3.63, 3.8) is 0 Å². The lowest BCUT2D eigenvalue weighted by Crippen LogP contribution is -2.15. The van der Waals surface area contributed by atoms with Crippen molar-refractivity contribution in [3.8, 4) is 11.5 Å². The van der Waals surface area contributed by atoms with Crippen LogP contribution in [0.2, 0.25) is 0 Å². The zero-order valence-electron chi connectivity index (χ0n) is 13.8. The van der Waals surface area contributed by atoms with Crippen molar-refractivity contribution in [3.05, 3.63) is 46.7 Å². The molecule has 7 heteroatoms. The summed E-state index contributed by atoms with van der Waals surface area (Å²) in [7, 11) is 3.26. The molecule has 0 aliphatic carbocycles. The number of ether oxygens (including phenoxy) is 2. The van der Waals surface area contributed by atoms with E-state index in [1.807, 2.05) is 12.1 Å². The SMILES string of the molecule is COc1cc2ncnc(N3CCc4ccc(Br)cc43)c2cc1OC.Cl. The van der Waals surface area contributed by atoms with Gasteiger partial charge in [-0.3, -0.25) is 0 Å². The molecule has 2 aromatic carbocycles. The summed E-state index contributed by atoms with van der Waals surface area (Å²) in [6, 6.07) is 10.2. The maximum absolute atomic E-state index is 5.44. The van der Waals surface area contributed by atoms with Gasteiger partial charge in [0.05, 0.1) is 19.7 Å². The zero-order valence-corrected chi connectivity index (χ0v) is 16.2. The number of rotatable bonds is 3. The highest BCUT2D eigenvalue weighted by molar-refractivity contribution is 9.10. The molecule has 0 unspecified atom stereocenters. The first-order chi connectivity index (χ1) is 11.7. The molecule has 0 spiro atoms. The summed E-state index contributed by atoms with van der Waals surface area (Å²) in [5.41, 5.74) is 3.34. The van der Waals surface area contributed by atoms with Crippen LogP contribution in [0.4, 0.5) is 11.5 Å². The minimum absolute atomic E-state index is 0. The molecule has 3 aromatic rings. The van der Waals surface area contributed by atoms with Gasteiger partial charge in [0, 0.05) is 28.2 Å². The Kier molecular flexibility index (Phi) is 5.01. The van der Waals surface area contributed by atoms with Gasteiger partial charge in [0.15, 0.2) is 11.5 Å². The Morgan fingerprint density at radius 2 is 1.80 bits per heavy atom. The fourth-order valence-electron chi connectivity index (χ4n) is 3.16. The molecule has 25 heavy (non-hydrogen) atoms. The van der Waals surface area contributed by atoms with Gasteiger partial charge in [-0.15, -0.1) is 12.4 Å². The molecule has 1 aliphatic rings. The Labute approximate surface area is 160 Å². The molecule has 130 valence electrons. The predicted octanol–water partition coefficient (Wildman–Crippen LogP) is 4.53. The van der Waals surface area contributed by atoms with Crippen molar-refractivity contribution in [2.24, 2.45) is 0 Å². The minimum atomic E-state index is 0. The van der Waals surface area contributed by atoms with Crippen molar-refractivity contribution in [2.45, 2.75) is 6.42 Å². The number of hydrogen-bond acceptors (Lipinski definition) is 5. The Morgan fingerprint density at radius 1 is 1.04 bits per heavy atom. The largest absolute Gasteiger partial charge is 0.493 e. The van der Waals surface area contributed by atoms with Gasteiger partial charge in [0.25, 0.3) is 0 Å². The molecule has 2 heterocycles. The van der Waals surface area contributed by atoms with E-state index in [-0.39, 0.29) is 12.4 Å². The quantitative estimate of drug-likeness (QED) is 0.621. The van der Waals surface area contributed by atoms with E-state index in [0.717, 1.165) is 34.2 Å². The van der Waals surface area contributed by atoms with Crippen LogP contribution in [0.5, 0.6) is 11.5 Å². The molecule has 0 bridgehead atoms. The summed E-state index contributed by atoms with van der Waals surface area (Å²) in [4.78, 5) is 11.2. The third-order valence-corrected chi connectivity index (χ3v) is 4.81. The summed E-state index contributed by atoms with van der Waals surface area (Å²) in [6.07, 6.45) is 2.60. The van der Waals surface area contributed by atoms with Gasteiger partial charge in [0.1, 0.15) is 12.1 Å². The number of nitrogens with zero attached hydrogens (tertiary/aromatic N) is 3. The molecule has 5 nitrogen and oxygen atoms in total. The van der Waals surface area contributed by atoms with Gasteiger partial charge >= 0.3 is 0 Å². The van der Waals surface area contributed by atoms with Crippen LogP contribution in [0.15, 0.2) is 41.1 Å². The molecule has 0 radical (unpaired) electrons. The Morgan fingerprint density at radius 3 is 2.56 bits per heavy atom. The van der Waals surface area contributed by atoms with E-state index in [0.29, 0.717) is 11.5 Å². The first-order valence-electron chi connectivity index (χ1n) is 7.64. The first-order valence-corrected chi connectivity index (χ1v) is 8.43. The van der Waals surface area contributed by atoms with E-state index in [1.165, 1.54) is 11.3 Å². The van der Waals surface area contributed by atoms with Crippen LogP contribution in [0.3, 0.4) is 0 Å². The van der Waals surface area contributed by atoms with Crippen molar-refractivity contribution in [1.82, 2.24) is 9.97 Å². The van der Waals surface area contributed by atoms with Crippen molar-refractivity contribution >= 4 is 50.7 Å². The molecular weight excluding hydrogens is 406 g/mol. The van der Waals surface area contributed by atoms with E-state index >= 15 is 0 Å². The van der Waals surface area contributed by atoms with Gasteiger partial charge in [-0.1, -0.05) is 22.0 Å². The average Bonchev–Trinajstić information content (AvgIpc) is 3.02. The molecule has 0 saturated carbocycles. The molecule has 1 aromatic heterocycles. The number of fused-ring (bicyclic) bond motifs is 2. The third kappa shape index (κ3) is 3.00. The standard InChI is InChI=1S/C18H16BrN3O2.ClH/c1-23-16-8-13-14(9-17(16)24-2)20-10-21-18(13)22-6-5-11-3-4-12(19)7-15(11)22;/h3-4,7-10H,5-6H2,1-2H3;1H. The van der Waals surface area contributed by atoms with Gasteiger partial charge in [-0.25, -0.2) is 9.97 Å². The Balaban J connectivity index is 0.00000182. The molecule has 0 fully saturated rings. The van der Waals surface area contributed by atoms with Gasteiger partial charge in [0.2, 0.25) is 0 Å². The minimum Gasteiger partial charge on any atom is -0.493 e. The van der Waals surface area contributed by atoms with Crippen LogP contribution >= 0.6 is 28.3 Å². The maximum Gasteiger partial charge on any atom is 0.162 e. The summed E-state index contributed by atoms with van der Waals surface area (Å²) >= 11 is 3.56. The van der Waals surface area contributed by atoms with E-state index in [4.69, 9.17) is 9.47 Å². The van der Waals surface area contributed by atoms with Crippen LogP contribution in [0.1, 0.15) is 5.56 Å². The summed E-state index contributed by atoms with van der Waals surface area (Å²) in [6.45, 7) is 0.895. The highest BCUT2D eigenvalue weighted by atomic mass is 79.9. The lowest BCUT2D eigenvalue weighted by Gasteiger charge is -2.20. The normalized spacial score (nSPS) is 12.7. The molecule has 0 saturated heterocycles. The van der Waals surface area contributed by atoms with Crippen LogP contribution in [-0.2, 0) is 6.42 Å². The number of benzene rings is 2. The second-order valence-corrected chi connectivity index (χ2v) is 6.51. The summed E-state index contributed by atoms with van der Waals surface area (Å²) in [5.74, 6) is 2.23. The van der Waals surface area contributed by atoms with E-state index in [2.05, 4.69) is 49.0 Å². The van der Waals surface area contributed by atoms with Crippen molar-refractivity contribution in [1.29, 1.82) is 0 Å². The summed E-state index contributed by atoms with van der Waals surface area (Å²) in [5, 5.41) is 0.947. The lowest BCUT2D eigenvalue weighted by molar-refractivity contribution is 0.356. The lowest BCUT2D eigenvalue weighted by atomic mass is 10.1. The van der Waals surface area contributed by atoms with E-state index in [1.54, 1.807) is 20.5 Å². The number of halogens is 2. The van der Waals surface area contributed by atoms with Crippen molar-refractivity contribution < 1.29 is 9.47 Å². The fraction of sp³-hybridized carbons (Fsp3) is 0.222. The third-order valence-electron chi connectivity index (χ3n) is 4.32. The molecule has 0 amide bonds. The topological polar surface area (TPSA) is 47.5 Å². The summed E-state index contributed by atoms with van der Waals surface area (Å²) < 4.78 is 11.9. The predicted molar refractivity (Wildman–Crippen MR) is 105 cm³/mol. The molecule has 0 N–H and O–H groups in total.